The highest BCUT2D eigenvalue weighted by molar-refractivity contribution is 7.86. The second-order valence-electron chi connectivity index (χ2n) is 16.7. The molecule has 2 aliphatic heterocycles. The first-order valence-corrected chi connectivity index (χ1v) is 23.9. The van der Waals surface area contributed by atoms with Crippen LogP contribution in [-0.4, -0.2) is 87.0 Å². The molecule has 6 rings (SSSR count). The number of benzene rings is 2. The summed E-state index contributed by atoms with van der Waals surface area (Å²) in [6, 6.07) is 9.09. The van der Waals surface area contributed by atoms with Crippen molar-refractivity contribution in [2.75, 3.05) is 31.2 Å². The maximum atomic E-state index is 14.0. The summed E-state index contributed by atoms with van der Waals surface area (Å²) in [5.74, 6) is -0.488. The highest BCUT2D eigenvalue weighted by Crippen LogP contribution is 2.44. The summed E-state index contributed by atoms with van der Waals surface area (Å²) in [6.07, 6.45) is 15.3. The van der Waals surface area contributed by atoms with Gasteiger partial charge in [0.1, 0.15) is 12.1 Å². The van der Waals surface area contributed by atoms with E-state index in [1.165, 1.54) is 38.4 Å². The number of nitrogens with zero attached hydrogens (tertiary/aromatic N) is 4. The van der Waals surface area contributed by atoms with E-state index in [0.717, 1.165) is 87.2 Å². The van der Waals surface area contributed by atoms with Gasteiger partial charge < -0.3 is 20.2 Å². The third-order valence-electron chi connectivity index (χ3n) is 12.2. The van der Waals surface area contributed by atoms with Gasteiger partial charge >= 0.3 is 5.69 Å². The summed E-state index contributed by atoms with van der Waals surface area (Å²) in [4.78, 5) is 28.6. The quantitative estimate of drug-likeness (QED) is 0.0613. The molecule has 0 saturated heterocycles. The van der Waals surface area contributed by atoms with E-state index in [1.54, 1.807) is 12.1 Å². The lowest BCUT2D eigenvalue weighted by molar-refractivity contribution is -0.438. The van der Waals surface area contributed by atoms with Gasteiger partial charge in [-0.3, -0.25) is 23.0 Å². The van der Waals surface area contributed by atoms with Gasteiger partial charge in [-0.1, -0.05) is 31.4 Å². The minimum Gasteiger partial charge on any atom is -0.494 e. The van der Waals surface area contributed by atoms with Crippen LogP contribution in [0.2, 0.25) is 0 Å². The van der Waals surface area contributed by atoms with Crippen LogP contribution in [-0.2, 0) is 46.2 Å². The molecule has 0 amide bonds. The Labute approximate surface area is 362 Å². The Hall–Kier alpha value is -4.91. The second-order valence-corrected chi connectivity index (χ2v) is 19.5. The van der Waals surface area contributed by atoms with Crippen molar-refractivity contribution in [1.82, 2.24) is 9.13 Å². The number of aromatic nitrogens is 2. The van der Waals surface area contributed by atoms with Crippen LogP contribution in [0.15, 0.2) is 96.9 Å². The van der Waals surface area contributed by atoms with Gasteiger partial charge in [0, 0.05) is 75.8 Å². The first kappa shape index (κ1) is 46.6. The van der Waals surface area contributed by atoms with Gasteiger partial charge in [-0.25, -0.2) is 4.79 Å². The summed E-state index contributed by atoms with van der Waals surface area (Å²) in [5.41, 5.74) is 4.47. The molecule has 0 saturated carbocycles. The van der Waals surface area contributed by atoms with Crippen LogP contribution in [0.25, 0.3) is 5.57 Å². The lowest BCUT2D eigenvalue weighted by Crippen LogP contribution is -2.38. The number of allylic oxidation sites excluding steroid dienone is 8. The maximum absolute atomic E-state index is 14.0. The predicted molar refractivity (Wildman–Crippen MR) is 238 cm³/mol. The van der Waals surface area contributed by atoms with E-state index in [0.29, 0.717) is 56.3 Å². The largest absolute Gasteiger partial charge is 0.494 e. The summed E-state index contributed by atoms with van der Waals surface area (Å²) in [6.45, 7) is 5.35. The van der Waals surface area contributed by atoms with Gasteiger partial charge in [0.05, 0.1) is 15.2 Å². The third-order valence-corrected chi connectivity index (χ3v) is 13.9. The monoisotopic (exact) mass is 893 g/mol. The molecular formula is C45H57N4O11S2+. The standard InChI is InChI=1S/C45H56N4O11S2/c1-45(2)36-29-35(62(58,59)60)19-21-38(36)49(24-10-6-8-12-26-51)39(45)22-16-31-14-13-30(40(31)41-42(52)46(3)44(54)47(4)43(41)53)15-17-33-27-32-28-34(61(55,56)57)18-20-37(32)48(33)23-9-5-7-11-25-50/h15-22,28-29,50-51H,5-14,23-27H2,1-4H3,(H2,55,56,57,58,59,60)/p+1/b30-15+,33-17+. The van der Waals surface area contributed by atoms with Gasteiger partial charge in [-0.2, -0.15) is 21.4 Å². The fourth-order valence-corrected chi connectivity index (χ4v) is 9.86. The molecule has 1 aromatic heterocycles. The first-order valence-electron chi connectivity index (χ1n) is 21.0. The van der Waals surface area contributed by atoms with Crippen molar-refractivity contribution >= 4 is 42.9 Å². The SMILES string of the molecule is Cn1c(O)c(C2=C(/C=C/C3=[N+](CCCCCCO)c4ccc(S(=O)(=O)O)cc4C3(C)C)CC/C2=C\C=C2/Cc3cc(S(=O)(=O)O)ccc3N2CCCCCCO)c(=O)n(C)c1=O. The molecule has 62 heavy (non-hydrogen) atoms. The average molecular weight is 894 g/mol. The van der Waals surface area contributed by atoms with Crippen molar-refractivity contribution in [1.29, 1.82) is 0 Å². The molecule has 0 fully saturated rings. The summed E-state index contributed by atoms with van der Waals surface area (Å²) >= 11 is 0. The Kier molecular flexibility index (Phi) is 14.1. The maximum Gasteiger partial charge on any atom is 0.333 e. The van der Waals surface area contributed by atoms with E-state index >= 15 is 0 Å². The molecule has 15 nitrogen and oxygen atoms in total. The van der Waals surface area contributed by atoms with E-state index < -0.39 is 42.8 Å². The normalized spacial score (nSPS) is 17.7. The Morgan fingerprint density at radius 1 is 0.774 bits per heavy atom. The van der Waals surface area contributed by atoms with Crippen LogP contribution in [0, 0.1) is 0 Å². The zero-order valence-corrected chi connectivity index (χ0v) is 37.3. The number of unbranched alkanes of at least 4 members (excludes halogenated alkanes) is 6. The lowest BCUT2D eigenvalue weighted by atomic mass is 9.81. The highest BCUT2D eigenvalue weighted by atomic mass is 32.2. The molecule has 3 aliphatic rings. The molecule has 0 bridgehead atoms. The molecule has 3 heterocycles. The molecule has 2 aromatic carbocycles. The van der Waals surface area contributed by atoms with Crippen LogP contribution in [0.3, 0.4) is 0 Å². The Balaban J connectivity index is 1.48. The fraction of sp³-hybridized carbons (Fsp3) is 0.444. The summed E-state index contributed by atoms with van der Waals surface area (Å²) < 4.78 is 72.4. The van der Waals surface area contributed by atoms with E-state index in [9.17, 15) is 50.8 Å². The number of rotatable bonds is 18. The van der Waals surface area contributed by atoms with Crippen LogP contribution < -0.4 is 16.1 Å². The van der Waals surface area contributed by atoms with E-state index in [2.05, 4.69) is 9.48 Å². The molecular weight excluding hydrogens is 837 g/mol. The minimum atomic E-state index is -4.48. The fourth-order valence-electron chi connectivity index (χ4n) is 8.82. The van der Waals surface area contributed by atoms with Crippen molar-refractivity contribution in [3.05, 3.63) is 115 Å². The van der Waals surface area contributed by atoms with Crippen LogP contribution in [0.4, 0.5) is 11.4 Å². The van der Waals surface area contributed by atoms with Gasteiger partial charge in [-0.05, 0) is 111 Å². The van der Waals surface area contributed by atoms with Crippen molar-refractivity contribution in [2.24, 2.45) is 14.1 Å². The van der Waals surface area contributed by atoms with Gasteiger partial charge in [0.2, 0.25) is 11.6 Å². The van der Waals surface area contributed by atoms with Gasteiger partial charge in [0.25, 0.3) is 25.8 Å². The Bertz CT molecular complexity index is 2760. The van der Waals surface area contributed by atoms with Crippen molar-refractivity contribution in [3.63, 3.8) is 0 Å². The second kappa shape index (κ2) is 18.8. The molecule has 17 heteroatoms. The molecule has 1 aliphatic carbocycles. The number of anilines is 1. The molecule has 0 atom stereocenters. The van der Waals surface area contributed by atoms with Crippen LogP contribution >= 0.6 is 0 Å². The summed E-state index contributed by atoms with van der Waals surface area (Å²) in [7, 11) is -6.18. The Morgan fingerprint density at radius 3 is 2.06 bits per heavy atom. The van der Waals surface area contributed by atoms with Crippen molar-refractivity contribution < 1.29 is 45.8 Å². The van der Waals surface area contributed by atoms with Crippen LogP contribution in [0.1, 0.15) is 94.7 Å². The topological polar surface area (TPSA) is 220 Å². The predicted octanol–water partition coefficient (Wildman–Crippen LogP) is 5.44. The number of aliphatic hydroxyl groups excluding tert-OH is 2. The van der Waals surface area contributed by atoms with Gasteiger partial charge in [0.15, 0.2) is 5.71 Å². The molecule has 3 aromatic rings. The smallest absolute Gasteiger partial charge is 0.333 e. The zero-order chi connectivity index (χ0) is 45.1. The van der Waals surface area contributed by atoms with Crippen LogP contribution in [0.5, 0.6) is 5.88 Å². The first-order chi connectivity index (χ1) is 29.3. The zero-order valence-electron chi connectivity index (χ0n) is 35.7. The molecule has 334 valence electrons. The average Bonchev–Trinajstić information content (AvgIpc) is 3.85. The number of hydrogen-bond acceptors (Lipinski definition) is 10. The van der Waals surface area contributed by atoms with E-state index in [4.69, 9.17) is 0 Å². The van der Waals surface area contributed by atoms with E-state index in [1.807, 2.05) is 38.2 Å². The number of aliphatic hydroxyl groups is 2. The molecule has 0 radical (unpaired) electrons. The summed E-state index contributed by atoms with van der Waals surface area (Å²) in [5, 5.41) is 30.1. The van der Waals surface area contributed by atoms with E-state index in [-0.39, 0.29) is 28.6 Å². The van der Waals surface area contributed by atoms with Crippen molar-refractivity contribution in [2.45, 2.75) is 99.7 Å². The highest BCUT2D eigenvalue weighted by Gasteiger charge is 2.45. The minimum absolute atomic E-state index is 0.0397. The molecule has 0 unspecified atom stereocenters. The van der Waals surface area contributed by atoms with Gasteiger partial charge in [-0.15, -0.1) is 0 Å². The molecule has 0 spiro atoms. The number of hydrogen-bond donors (Lipinski definition) is 5. The molecule has 5 N–H and O–H groups in total. The lowest BCUT2D eigenvalue weighted by Gasteiger charge is -2.22. The Morgan fingerprint density at radius 2 is 1.40 bits per heavy atom. The van der Waals surface area contributed by atoms with Crippen molar-refractivity contribution in [3.8, 4) is 5.88 Å². The number of fused-ring (bicyclic) bond motifs is 2. The third kappa shape index (κ3) is 9.52. The number of aromatic hydroxyl groups is 1.